The van der Waals surface area contributed by atoms with Crippen molar-refractivity contribution in [3.63, 3.8) is 0 Å². The summed E-state index contributed by atoms with van der Waals surface area (Å²) in [6, 6.07) is -1.06. The quantitative estimate of drug-likeness (QED) is 0.370. The summed E-state index contributed by atoms with van der Waals surface area (Å²) >= 11 is 3.93. The van der Waals surface area contributed by atoms with Crippen LogP contribution in [0.25, 0.3) is 0 Å². The summed E-state index contributed by atoms with van der Waals surface area (Å²) < 4.78 is 5.93. The highest BCUT2D eigenvalue weighted by molar-refractivity contribution is 7.80. The summed E-state index contributed by atoms with van der Waals surface area (Å²) in [6.07, 6.45) is 9.34. The number of carbonyl (C=O) groups excluding carboxylic acids is 3. The molecule has 0 unspecified atom stereocenters. The van der Waals surface area contributed by atoms with E-state index in [1.807, 2.05) is 6.08 Å². The van der Waals surface area contributed by atoms with Crippen LogP contribution in [0.4, 0.5) is 0 Å². The van der Waals surface area contributed by atoms with Crippen molar-refractivity contribution in [2.45, 2.75) is 90.2 Å². The fourth-order valence-electron chi connectivity index (χ4n) is 7.59. The number of nitrogens with one attached hydrogen (secondary N) is 1. The summed E-state index contributed by atoms with van der Waals surface area (Å²) in [5.41, 5.74) is 1.43. The molecule has 0 saturated heterocycles. The Kier molecular flexibility index (Phi) is 7.19. The molecule has 3 saturated carbocycles. The molecule has 3 fully saturated rings. The zero-order chi connectivity index (χ0) is 24.7. The molecule has 34 heavy (non-hydrogen) atoms. The Balaban J connectivity index is 1.35. The third-order valence-corrected chi connectivity index (χ3v) is 9.89. The number of amides is 1. The predicted octanol–water partition coefficient (Wildman–Crippen LogP) is 3.71. The van der Waals surface area contributed by atoms with Crippen LogP contribution < -0.4 is 5.32 Å². The second-order valence-electron chi connectivity index (χ2n) is 11.2. The van der Waals surface area contributed by atoms with Crippen molar-refractivity contribution in [2.24, 2.45) is 28.6 Å². The van der Waals surface area contributed by atoms with E-state index < -0.39 is 23.9 Å². The van der Waals surface area contributed by atoms with Gasteiger partial charge in [0.25, 0.3) is 0 Å². The molecular formula is C26H37NO6S. The summed E-state index contributed by atoms with van der Waals surface area (Å²) in [5.74, 6) is -0.0724. The Hall–Kier alpha value is -1.83. The summed E-state index contributed by atoms with van der Waals surface area (Å²) in [6.45, 7) is 4.64. The van der Waals surface area contributed by atoms with E-state index in [1.54, 1.807) is 0 Å². The normalized spacial score (nSPS) is 37.5. The Morgan fingerprint density at radius 3 is 2.59 bits per heavy atom. The lowest BCUT2D eigenvalue weighted by atomic mass is 9.47. The molecule has 0 heterocycles. The molecule has 0 aromatic rings. The maximum Gasteiger partial charge on any atom is 0.327 e. The number of rotatable bonds is 7. The van der Waals surface area contributed by atoms with Gasteiger partial charge in [0, 0.05) is 24.0 Å². The predicted molar refractivity (Wildman–Crippen MR) is 129 cm³/mol. The van der Waals surface area contributed by atoms with E-state index in [2.05, 4.69) is 31.8 Å². The maximum absolute atomic E-state index is 12.6. The molecule has 0 aromatic heterocycles. The van der Waals surface area contributed by atoms with Gasteiger partial charge in [-0.25, -0.2) is 4.79 Å². The van der Waals surface area contributed by atoms with Crippen molar-refractivity contribution in [1.29, 1.82) is 0 Å². The van der Waals surface area contributed by atoms with E-state index in [4.69, 9.17) is 9.84 Å². The second kappa shape index (κ2) is 9.67. The molecule has 1 amide bonds. The number of hydrogen-bond acceptors (Lipinski definition) is 6. The van der Waals surface area contributed by atoms with Gasteiger partial charge >= 0.3 is 11.9 Å². The van der Waals surface area contributed by atoms with Crippen LogP contribution in [0.15, 0.2) is 11.6 Å². The average Bonchev–Trinajstić information content (AvgIpc) is 3.12. The number of hydrogen-bond donors (Lipinski definition) is 3. The lowest BCUT2D eigenvalue weighted by Crippen LogP contribution is -2.51. The lowest BCUT2D eigenvalue weighted by Gasteiger charge is -2.57. The van der Waals surface area contributed by atoms with Gasteiger partial charge in [-0.2, -0.15) is 12.6 Å². The molecule has 0 aliphatic heterocycles. The van der Waals surface area contributed by atoms with E-state index in [-0.39, 0.29) is 41.3 Å². The van der Waals surface area contributed by atoms with Crippen LogP contribution in [0.1, 0.15) is 78.1 Å². The minimum atomic E-state index is -1.15. The van der Waals surface area contributed by atoms with Crippen LogP contribution in [0, 0.1) is 28.6 Å². The van der Waals surface area contributed by atoms with Crippen molar-refractivity contribution in [1.82, 2.24) is 5.32 Å². The third kappa shape index (κ3) is 4.54. The van der Waals surface area contributed by atoms with Crippen molar-refractivity contribution >= 4 is 36.3 Å². The summed E-state index contributed by atoms with van der Waals surface area (Å²) in [4.78, 5) is 47.7. The molecule has 7 atom stereocenters. The molecule has 0 spiro atoms. The van der Waals surface area contributed by atoms with E-state index in [0.717, 1.165) is 44.9 Å². The second-order valence-corrected chi connectivity index (χ2v) is 11.6. The SMILES string of the molecule is C[C@]12CC[C@@H]3[C@H](CCC4=CC(=O)CC[C@@]43C)[C@H]1CC[C@@H]2OC(=O)CCC(=O)N[C@@H](CS)C(=O)O. The fraction of sp³-hybridized carbons (Fsp3) is 0.769. The Bertz CT molecular complexity index is 902. The van der Waals surface area contributed by atoms with Gasteiger partial charge < -0.3 is 15.2 Å². The fourth-order valence-corrected chi connectivity index (χ4v) is 7.84. The first-order valence-electron chi connectivity index (χ1n) is 12.6. The van der Waals surface area contributed by atoms with Gasteiger partial charge in [0.2, 0.25) is 5.91 Å². The summed E-state index contributed by atoms with van der Waals surface area (Å²) in [5, 5.41) is 11.4. The smallest absolute Gasteiger partial charge is 0.327 e. The average molecular weight is 492 g/mol. The molecule has 0 aromatic carbocycles. The molecule has 7 nitrogen and oxygen atoms in total. The molecule has 4 rings (SSSR count). The van der Waals surface area contributed by atoms with Crippen molar-refractivity contribution in [3.05, 3.63) is 11.6 Å². The van der Waals surface area contributed by atoms with Gasteiger partial charge in [-0.05, 0) is 74.2 Å². The van der Waals surface area contributed by atoms with Crippen LogP contribution in [-0.2, 0) is 23.9 Å². The number of allylic oxidation sites excluding steroid dienone is 1. The van der Waals surface area contributed by atoms with E-state index >= 15 is 0 Å². The zero-order valence-corrected chi connectivity index (χ0v) is 21.1. The first-order chi connectivity index (χ1) is 16.1. The largest absolute Gasteiger partial charge is 0.480 e. The van der Waals surface area contributed by atoms with Crippen molar-refractivity contribution < 1.29 is 29.0 Å². The number of fused-ring (bicyclic) bond motifs is 5. The molecule has 4 aliphatic carbocycles. The Morgan fingerprint density at radius 2 is 1.88 bits per heavy atom. The van der Waals surface area contributed by atoms with E-state index in [0.29, 0.717) is 24.2 Å². The molecule has 0 bridgehead atoms. The number of carbonyl (C=O) groups is 4. The van der Waals surface area contributed by atoms with Crippen molar-refractivity contribution in [3.8, 4) is 0 Å². The maximum atomic E-state index is 12.6. The minimum Gasteiger partial charge on any atom is -0.480 e. The van der Waals surface area contributed by atoms with Gasteiger partial charge in [-0.15, -0.1) is 0 Å². The topological polar surface area (TPSA) is 110 Å². The molecule has 188 valence electrons. The monoisotopic (exact) mass is 491 g/mol. The highest BCUT2D eigenvalue weighted by atomic mass is 32.1. The number of carboxylic acid groups (broad SMARTS) is 1. The highest BCUT2D eigenvalue weighted by Gasteiger charge is 2.59. The van der Waals surface area contributed by atoms with E-state index in [9.17, 15) is 19.2 Å². The molecular weight excluding hydrogens is 454 g/mol. The number of esters is 1. The van der Waals surface area contributed by atoms with Gasteiger partial charge in [-0.1, -0.05) is 19.4 Å². The molecule has 0 radical (unpaired) electrons. The van der Waals surface area contributed by atoms with Crippen LogP contribution in [0.5, 0.6) is 0 Å². The molecule has 4 aliphatic rings. The molecule has 8 heteroatoms. The van der Waals surface area contributed by atoms with Crippen LogP contribution >= 0.6 is 12.6 Å². The number of carboxylic acids is 1. The minimum absolute atomic E-state index is 0.0118. The Morgan fingerprint density at radius 1 is 1.12 bits per heavy atom. The summed E-state index contributed by atoms with van der Waals surface area (Å²) in [7, 11) is 0. The number of aliphatic carboxylic acids is 1. The van der Waals surface area contributed by atoms with Crippen LogP contribution in [0.2, 0.25) is 0 Å². The van der Waals surface area contributed by atoms with Gasteiger partial charge in [0.15, 0.2) is 5.78 Å². The first kappa shape index (κ1) is 25.3. The standard InChI is InChI=1S/C26H37NO6S/c1-25-11-9-16(28)13-15(25)3-4-17-18-5-6-21(26(18,2)12-10-19(17)25)33-23(30)8-7-22(29)27-20(14-34)24(31)32/h13,17-21,34H,3-12,14H2,1-2H3,(H,27,29)(H,31,32)/t17-,18-,19-,20+,21+,25+,26+/m1/s1. The number of ether oxygens (including phenoxy) is 1. The van der Waals surface area contributed by atoms with Gasteiger partial charge in [0.1, 0.15) is 12.1 Å². The third-order valence-electron chi connectivity index (χ3n) is 9.52. The van der Waals surface area contributed by atoms with Crippen LogP contribution in [-0.4, -0.2) is 46.6 Å². The van der Waals surface area contributed by atoms with Crippen molar-refractivity contribution in [2.75, 3.05) is 5.75 Å². The molecule has 2 N–H and O–H groups in total. The van der Waals surface area contributed by atoms with Gasteiger partial charge in [0.05, 0.1) is 6.42 Å². The number of ketones is 1. The lowest BCUT2D eigenvalue weighted by molar-refractivity contribution is -0.160. The Labute approximate surface area is 206 Å². The number of thiol groups is 1. The van der Waals surface area contributed by atoms with Crippen LogP contribution in [0.3, 0.4) is 0 Å². The zero-order valence-electron chi connectivity index (χ0n) is 20.2. The van der Waals surface area contributed by atoms with Gasteiger partial charge in [-0.3, -0.25) is 14.4 Å². The van der Waals surface area contributed by atoms with E-state index in [1.165, 1.54) is 5.57 Å². The highest BCUT2D eigenvalue weighted by Crippen LogP contribution is 2.65. The first-order valence-corrected chi connectivity index (χ1v) is 13.3.